The van der Waals surface area contributed by atoms with E-state index in [1.165, 1.54) is 4.88 Å². The number of benzene rings is 1. The van der Waals surface area contributed by atoms with E-state index in [0.717, 1.165) is 61.5 Å². The molecule has 2 aliphatic heterocycles. The van der Waals surface area contributed by atoms with Crippen LogP contribution in [0.3, 0.4) is 0 Å². The topological polar surface area (TPSA) is 85.7 Å². The van der Waals surface area contributed by atoms with Crippen molar-refractivity contribution in [1.82, 2.24) is 14.5 Å². The van der Waals surface area contributed by atoms with Gasteiger partial charge in [0.15, 0.2) is 11.5 Å². The highest BCUT2D eigenvalue weighted by Crippen LogP contribution is 2.35. The van der Waals surface area contributed by atoms with Crippen molar-refractivity contribution >= 4 is 33.1 Å². The van der Waals surface area contributed by atoms with Gasteiger partial charge in [-0.2, -0.15) is 0 Å². The predicted octanol–water partition coefficient (Wildman–Crippen LogP) is 3.59. The first-order valence-electron chi connectivity index (χ1n) is 12.5. The summed E-state index contributed by atoms with van der Waals surface area (Å²) in [6, 6.07) is 5.34. The van der Waals surface area contributed by atoms with Crippen LogP contribution < -0.4 is 20.3 Å². The monoisotopic (exact) mass is 494 g/mol. The number of anilines is 1. The van der Waals surface area contributed by atoms with E-state index in [0.29, 0.717) is 48.2 Å². The molecule has 184 valence electrons. The number of rotatable bonds is 5. The maximum absolute atomic E-state index is 13.7. The summed E-state index contributed by atoms with van der Waals surface area (Å²) >= 11 is 1.65. The van der Waals surface area contributed by atoms with E-state index in [1.807, 2.05) is 0 Å². The molecule has 0 radical (unpaired) electrons. The molecule has 1 saturated heterocycles. The van der Waals surface area contributed by atoms with Crippen LogP contribution in [0.1, 0.15) is 42.5 Å². The molecule has 3 aromatic rings. The first kappa shape index (κ1) is 22.5. The van der Waals surface area contributed by atoms with E-state index in [1.54, 1.807) is 34.1 Å². The molecule has 0 unspecified atom stereocenters. The van der Waals surface area contributed by atoms with Gasteiger partial charge in [0, 0.05) is 16.6 Å². The molecule has 8 nitrogen and oxygen atoms in total. The van der Waals surface area contributed by atoms with E-state index in [-0.39, 0.29) is 18.0 Å². The second kappa shape index (κ2) is 9.28. The third-order valence-electron chi connectivity index (χ3n) is 7.27. The van der Waals surface area contributed by atoms with Crippen molar-refractivity contribution in [2.75, 3.05) is 31.6 Å². The zero-order valence-corrected chi connectivity index (χ0v) is 20.8. The minimum absolute atomic E-state index is 0.0690. The van der Waals surface area contributed by atoms with Gasteiger partial charge in [-0.15, -0.1) is 11.3 Å². The van der Waals surface area contributed by atoms with E-state index in [4.69, 9.17) is 14.5 Å². The number of thiophene rings is 1. The summed E-state index contributed by atoms with van der Waals surface area (Å²) in [5, 5.41) is 3.64. The second-order valence-electron chi connectivity index (χ2n) is 9.82. The third-order valence-corrected chi connectivity index (χ3v) is 8.46. The molecule has 2 aromatic heterocycles. The lowest BCUT2D eigenvalue weighted by molar-refractivity contribution is -0.116. The lowest BCUT2D eigenvalue weighted by Gasteiger charge is -2.30. The van der Waals surface area contributed by atoms with Gasteiger partial charge in [0.25, 0.3) is 5.56 Å². The number of aryl methyl sites for hydroxylation is 2. The van der Waals surface area contributed by atoms with E-state index >= 15 is 0 Å². The molecular formula is C26H30N4O4S. The Morgan fingerprint density at radius 3 is 2.80 bits per heavy atom. The molecule has 1 N–H and O–H groups in total. The fourth-order valence-electron chi connectivity index (χ4n) is 5.29. The Bertz CT molecular complexity index is 1340. The Labute approximate surface area is 207 Å². The van der Waals surface area contributed by atoms with E-state index < -0.39 is 0 Å². The minimum Gasteiger partial charge on any atom is -0.486 e. The number of carbonyl (C=O) groups excluding carboxylic acids is 1. The summed E-state index contributed by atoms with van der Waals surface area (Å²) in [7, 11) is 0. The zero-order valence-electron chi connectivity index (χ0n) is 20.0. The highest BCUT2D eigenvalue weighted by molar-refractivity contribution is 7.18. The quantitative estimate of drug-likeness (QED) is 0.584. The van der Waals surface area contributed by atoms with Gasteiger partial charge in [-0.05, 0) is 68.8 Å². The lowest BCUT2D eigenvalue weighted by atomic mass is 9.99. The van der Waals surface area contributed by atoms with Crippen molar-refractivity contribution in [2.45, 2.75) is 52.1 Å². The maximum Gasteiger partial charge on any atom is 0.263 e. The smallest absolute Gasteiger partial charge is 0.263 e. The summed E-state index contributed by atoms with van der Waals surface area (Å²) in [6.07, 6.45) is 5.29. The summed E-state index contributed by atoms with van der Waals surface area (Å²) in [4.78, 5) is 36.3. The normalized spacial score (nSPS) is 18.1. The molecule has 6 rings (SSSR count). The number of nitrogens with zero attached hydrogens (tertiary/aromatic N) is 3. The van der Waals surface area contributed by atoms with Crippen molar-refractivity contribution in [1.29, 1.82) is 0 Å². The SMILES string of the molecule is CC1CCN(Cc2nc3sc4c(c3c(=O)n2CC(=O)Nc2ccc3c(c2)OCCO3)CCC4)CC1. The predicted molar refractivity (Wildman–Crippen MR) is 136 cm³/mol. The number of likely N-dealkylation sites (tertiary alicyclic amines) is 1. The molecule has 0 spiro atoms. The van der Waals surface area contributed by atoms with E-state index in [9.17, 15) is 9.59 Å². The Kier molecular flexibility index (Phi) is 5.98. The molecule has 9 heteroatoms. The number of fused-ring (bicyclic) bond motifs is 4. The van der Waals surface area contributed by atoms with Crippen molar-refractivity contribution < 1.29 is 14.3 Å². The average Bonchev–Trinajstić information content (AvgIpc) is 3.44. The van der Waals surface area contributed by atoms with Gasteiger partial charge in [-0.25, -0.2) is 4.98 Å². The molecule has 1 amide bonds. The summed E-state index contributed by atoms with van der Waals surface area (Å²) < 4.78 is 12.8. The molecule has 4 heterocycles. The largest absolute Gasteiger partial charge is 0.486 e. The van der Waals surface area contributed by atoms with Crippen molar-refractivity contribution in [3.8, 4) is 11.5 Å². The molecule has 3 aliphatic rings. The molecule has 1 aliphatic carbocycles. The number of aromatic nitrogens is 2. The van der Waals surface area contributed by atoms with E-state index in [2.05, 4.69) is 17.1 Å². The van der Waals surface area contributed by atoms with Crippen LogP contribution >= 0.6 is 11.3 Å². The molecule has 0 saturated carbocycles. The minimum atomic E-state index is -0.259. The molecule has 1 fully saturated rings. The number of hydrogen-bond donors (Lipinski definition) is 1. The fraction of sp³-hybridized carbons (Fsp3) is 0.500. The number of piperidine rings is 1. The first-order chi connectivity index (χ1) is 17.0. The Morgan fingerprint density at radius 2 is 1.97 bits per heavy atom. The fourth-order valence-corrected chi connectivity index (χ4v) is 6.56. The summed E-state index contributed by atoms with van der Waals surface area (Å²) in [5.41, 5.74) is 1.67. The number of carbonyl (C=O) groups is 1. The van der Waals surface area contributed by atoms with Gasteiger partial charge >= 0.3 is 0 Å². The molecular weight excluding hydrogens is 464 g/mol. The van der Waals surface area contributed by atoms with Crippen molar-refractivity contribution in [3.63, 3.8) is 0 Å². The molecule has 0 atom stereocenters. The van der Waals surface area contributed by atoms with Crippen LogP contribution in [0.5, 0.6) is 11.5 Å². The molecule has 0 bridgehead atoms. The first-order valence-corrected chi connectivity index (χ1v) is 13.3. The highest BCUT2D eigenvalue weighted by atomic mass is 32.1. The van der Waals surface area contributed by atoms with Crippen LogP contribution in [0, 0.1) is 5.92 Å². The average molecular weight is 495 g/mol. The maximum atomic E-state index is 13.7. The zero-order chi connectivity index (χ0) is 23.9. The number of nitrogens with one attached hydrogen (secondary N) is 1. The van der Waals surface area contributed by atoms with Crippen LogP contribution in [-0.2, 0) is 30.7 Å². The van der Waals surface area contributed by atoms with Gasteiger partial charge < -0.3 is 14.8 Å². The lowest BCUT2D eigenvalue weighted by Crippen LogP contribution is -2.37. The highest BCUT2D eigenvalue weighted by Gasteiger charge is 2.25. The van der Waals surface area contributed by atoms with Crippen molar-refractivity contribution in [2.24, 2.45) is 5.92 Å². The van der Waals surface area contributed by atoms with Gasteiger partial charge in [-0.1, -0.05) is 6.92 Å². The van der Waals surface area contributed by atoms with Crippen LogP contribution in [-0.4, -0.2) is 46.7 Å². The Balaban J connectivity index is 1.30. The van der Waals surface area contributed by atoms with Gasteiger partial charge in [0.2, 0.25) is 5.91 Å². The van der Waals surface area contributed by atoms with Gasteiger partial charge in [0.1, 0.15) is 30.4 Å². The van der Waals surface area contributed by atoms with Gasteiger partial charge in [-0.3, -0.25) is 19.1 Å². The molecule has 35 heavy (non-hydrogen) atoms. The number of ether oxygens (including phenoxy) is 2. The van der Waals surface area contributed by atoms with Crippen LogP contribution in [0.15, 0.2) is 23.0 Å². The van der Waals surface area contributed by atoms with Crippen LogP contribution in [0.2, 0.25) is 0 Å². The van der Waals surface area contributed by atoms with Crippen LogP contribution in [0.4, 0.5) is 5.69 Å². The Hall–Kier alpha value is -2.91. The van der Waals surface area contributed by atoms with Gasteiger partial charge in [0.05, 0.1) is 11.9 Å². The third kappa shape index (κ3) is 4.43. The molecule has 1 aromatic carbocycles. The number of hydrogen-bond acceptors (Lipinski definition) is 7. The van der Waals surface area contributed by atoms with Crippen LogP contribution in [0.25, 0.3) is 10.2 Å². The standard InChI is InChI=1S/C26H30N4O4S/c1-16-7-9-29(10-8-16)14-22-28-25-24(18-3-2-4-21(18)35-25)26(32)30(22)15-23(31)27-17-5-6-19-20(13-17)34-12-11-33-19/h5-6,13,16H,2-4,7-12,14-15H2,1H3,(H,27,31). The summed E-state index contributed by atoms with van der Waals surface area (Å²) in [6.45, 7) is 5.77. The second-order valence-corrected chi connectivity index (χ2v) is 10.9. The summed E-state index contributed by atoms with van der Waals surface area (Å²) in [5.74, 6) is 2.42. The Morgan fingerprint density at radius 1 is 1.17 bits per heavy atom. The number of amides is 1. The van der Waals surface area contributed by atoms with Crippen molar-refractivity contribution in [3.05, 3.63) is 44.8 Å².